The first-order valence-electron chi connectivity index (χ1n) is 5.04. The zero-order valence-electron chi connectivity index (χ0n) is 9.34. The van der Waals surface area contributed by atoms with Gasteiger partial charge in [-0.2, -0.15) is 0 Å². The maximum atomic E-state index is 11.0. The normalized spacial score (nSPS) is 9.19. The maximum absolute atomic E-state index is 11.0. The third-order valence-electron chi connectivity index (χ3n) is 1.89. The third kappa shape index (κ3) is 4.08. The van der Waals surface area contributed by atoms with Crippen molar-refractivity contribution in [3.8, 4) is 11.8 Å². The van der Waals surface area contributed by atoms with Crippen molar-refractivity contribution in [3.05, 3.63) is 33.8 Å². The van der Waals surface area contributed by atoms with Crippen LogP contribution in [0.3, 0.4) is 0 Å². The van der Waals surface area contributed by atoms with Crippen LogP contribution in [-0.2, 0) is 9.53 Å². The zero-order chi connectivity index (χ0) is 12.0. The molecular formula is C13H13BrO2. The lowest BCUT2D eigenvalue weighted by atomic mass is 10.1. The Kier molecular flexibility index (Phi) is 5.07. The van der Waals surface area contributed by atoms with Crippen molar-refractivity contribution in [1.29, 1.82) is 0 Å². The summed E-state index contributed by atoms with van der Waals surface area (Å²) in [5, 5.41) is 0. The number of rotatable bonds is 2. The fraction of sp³-hybridized carbons (Fsp3) is 0.308. The van der Waals surface area contributed by atoms with Crippen molar-refractivity contribution in [3.63, 3.8) is 0 Å². The fourth-order valence-corrected chi connectivity index (χ4v) is 1.74. The van der Waals surface area contributed by atoms with Gasteiger partial charge in [0.1, 0.15) is 6.42 Å². The van der Waals surface area contributed by atoms with Gasteiger partial charge in [0.25, 0.3) is 0 Å². The highest BCUT2D eigenvalue weighted by molar-refractivity contribution is 9.10. The molecular weight excluding hydrogens is 268 g/mol. The van der Waals surface area contributed by atoms with Crippen molar-refractivity contribution >= 4 is 21.9 Å². The Hall–Kier alpha value is -1.27. The van der Waals surface area contributed by atoms with Crippen LogP contribution in [0.2, 0.25) is 0 Å². The largest absolute Gasteiger partial charge is 0.465 e. The molecule has 0 heterocycles. The van der Waals surface area contributed by atoms with E-state index in [0.717, 1.165) is 10.0 Å². The molecule has 16 heavy (non-hydrogen) atoms. The summed E-state index contributed by atoms with van der Waals surface area (Å²) in [6.07, 6.45) is 0.133. The van der Waals surface area contributed by atoms with Crippen LogP contribution in [0.25, 0.3) is 0 Å². The molecule has 2 nitrogen and oxygen atoms in total. The number of hydrogen-bond acceptors (Lipinski definition) is 2. The highest BCUT2D eigenvalue weighted by Gasteiger charge is 1.98. The first kappa shape index (κ1) is 12.8. The summed E-state index contributed by atoms with van der Waals surface area (Å²) in [7, 11) is 0. The van der Waals surface area contributed by atoms with Crippen LogP contribution in [0, 0.1) is 18.8 Å². The van der Waals surface area contributed by atoms with Crippen LogP contribution in [0.4, 0.5) is 0 Å². The van der Waals surface area contributed by atoms with Crippen LogP contribution in [0.15, 0.2) is 22.7 Å². The van der Waals surface area contributed by atoms with Gasteiger partial charge in [0.2, 0.25) is 0 Å². The lowest BCUT2D eigenvalue weighted by Crippen LogP contribution is -2.01. The lowest BCUT2D eigenvalue weighted by molar-refractivity contribution is -0.141. The smallest absolute Gasteiger partial charge is 0.317 e. The van der Waals surface area contributed by atoms with Crippen molar-refractivity contribution < 1.29 is 9.53 Å². The van der Waals surface area contributed by atoms with E-state index in [4.69, 9.17) is 4.74 Å². The minimum atomic E-state index is -0.279. The molecule has 0 N–H and O–H groups in total. The summed E-state index contributed by atoms with van der Waals surface area (Å²) in [6, 6.07) is 5.91. The minimum absolute atomic E-state index is 0.133. The molecule has 1 rings (SSSR count). The van der Waals surface area contributed by atoms with Gasteiger partial charge in [-0.15, -0.1) is 0 Å². The lowest BCUT2D eigenvalue weighted by Gasteiger charge is -1.97. The summed E-state index contributed by atoms with van der Waals surface area (Å²) in [6.45, 7) is 4.19. The van der Waals surface area contributed by atoms with Crippen LogP contribution in [0.5, 0.6) is 0 Å². The number of ether oxygens (including phenoxy) is 1. The summed E-state index contributed by atoms with van der Waals surface area (Å²) in [4.78, 5) is 11.0. The molecule has 0 aliphatic rings. The highest BCUT2D eigenvalue weighted by Crippen LogP contribution is 2.17. The summed E-state index contributed by atoms with van der Waals surface area (Å²) in [5.74, 6) is 5.44. The number of halogens is 1. The Morgan fingerprint density at radius 3 is 2.88 bits per heavy atom. The van der Waals surface area contributed by atoms with E-state index >= 15 is 0 Å². The molecule has 0 aliphatic heterocycles. The molecule has 0 aliphatic carbocycles. The van der Waals surface area contributed by atoms with Crippen molar-refractivity contribution in [2.45, 2.75) is 20.3 Å². The average Bonchev–Trinajstić information content (AvgIpc) is 2.22. The second-order valence-electron chi connectivity index (χ2n) is 3.27. The zero-order valence-corrected chi connectivity index (χ0v) is 10.9. The Morgan fingerprint density at radius 2 is 2.25 bits per heavy atom. The molecule has 0 bridgehead atoms. The van der Waals surface area contributed by atoms with Crippen LogP contribution >= 0.6 is 15.9 Å². The number of carbonyl (C=O) groups is 1. The van der Waals surface area contributed by atoms with E-state index in [0.29, 0.717) is 6.61 Å². The molecule has 1 aromatic rings. The van der Waals surface area contributed by atoms with E-state index in [9.17, 15) is 4.79 Å². The monoisotopic (exact) mass is 280 g/mol. The quantitative estimate of drug-likeness (QED) is 0.615. The fourth-order valence-electron chi connectivity index (χ4n) is 1.15. The molecule has 0 fully saturated rings. The molecule has 84 valence electrons. The van der Waals surface area contributed by atoms with E-state index < -0.39 is 0 Å². The molecule has 3 heteroatoms. The molecule has 0 amide bonds. The van der Waals surface area contributed by atoms with Gasteiger partial charge < -0.3 is 4.74 Å². The molecule has 0 saturated carbocycles. The third-order valence-corrected chi connectivity index (χ3v) is 2.54. The van der Waals surface area contributed by atoms with Gasteiger partial charge >= 0.3 is 5.97 Å². The second-order valence-corrected chi connectivity index (χ2v) is 4.12. The Balaban J connectivity index is 2.66. The van der Waals surface area contributed by atoms with Gasteiger partial charge in [-0.25, -0.2) is 0 Å². The Labute approximate surface area is 104 Å². The summed E-state index contributed by atoms with van der Waals surface area (Å²) in [5.41, 5.74) is 2.05. The molecule has 0 unspecified atom stereocenters. The van der Waals surface area contributed by atoms with Crippen LogP contribution < -0.4 is 0 Å². The Morgan fingerprint density at radius 1 is 1.50 bits per heavy atom. The number of benzene rings is 1. The molecule has 0 spiro atoms. The molecule has 0 atom stereocenters. The van der Waals surface area contributed by atoms with Gasteiger partial charge in [-0.1, -0.05) is 17.9 Å². The first-order valence-corrected chi connectivity index (χ1v) is 5.83. The SMILES string of the molecule is CCOC(=O)CC#Cc1ccc(C)cc1Br. The van der Waals surface area contributed by atoms with E-state index in [-0.39, 0.29) is 12.4 Å². The molecule has 0 aromatic heterocycles. The highest BCUT2D eigenvalue weighted by atomic mass is 79.9. The van der Waals surface area contributed by atoms with Gasteiger partial charge in [0.05, 0.1) is 6.61 Å². The average molecular weight is 281 g/mol. The summed E-state index contributed by atoms with van der Waals surface area (Å²) < 4.78 is 5.72. The number of aryl methyl sites for hydroxylation is 1. The van der Waals surface area contributed by atoms with E-state index in [1.54, 1.807) is 6.92 Å². The number of hydrogen-bond donors (Lipinski definition) is 0. The first-order chi connectivity index (χ1) is 7.63. The van der Waals surface area contributed by atoms with Crippen LogP contribution in [-0.4, -0.2) is 12.6 Å². The van der Waals surface area contributed by atoms with E-state index in [1.165, 1.54) is 5.56 Å². The predicted octanol–water partition coefficient (Wildman–Crippen LogP) is 3.06. The minimum Gasteiger partial charge on any atom is -0.465 e. The maximum Gasteiger partial charge on any atom is 0.317 e. The van der Waals surface area contributed by atoms with E-state index in [2.05, 4.69) is 27.8 Å². The summed E-state index contributed by atoms with van der Waals surface area (Å²) >= 11 is 3.43. The van der Waals surface area contributed by atoms with Crippen molar-refractivity contribution in [2.75, 3.05) is 6.61 Å². The molecule has 0 saturated heterocycles. The Bertz CT molecular complexity index is 441. The van der Waals surface area contributed by atoms with Crippen molar-refractivity contribution in [2.24, 2.45) is 0 Å². The van der Waals surface area contributed by atoms with E-state index in [1.807, 2.05) is 25.1 Å². The predicted molar refractivity (Wildman–Crippen MR) is 67.0 cm³/mol. The van der Waals surface area contributed by atoms with Gasteiger partial charge in [-0.05, 0) is 47.5 Å². The van der Waals surface area contributed by atoms with Crippen LogP contribution in [0.1, 0.15) is 24.5 Å². The number of esters is 1. The second kappa shape index (κ2) is 6.34. The van der Waals surface area contributed by atoms with Gasteiger partial charge in [0, 0.05) is 10.0 Å². The molecule has 0 radical (unpaired) electrons. The molecule has 1 aromatic carbocycles. The van der Waals surface area contributed by atoms with Gasteiger partial charge in [0.15, 0.2) is 0 Å². The topological polar surface area (TPSA) is 26.3 Å². The van der Waals surface area contributed by atoms with Crippen molar-refractivity contribution in [1.82, 2.24) is 0 Å². The number of carbonyl (C=O) groups excluding carboxylic acids is 1. The van der Waals surface area contributed by atoms with Gasteiger partial charge in [-0.3, -0.25) is 4.79 Å². The standard InChI is InChI=1S/C13H13BrO2/c1-3-16-13(15)6-4-5-11-8-7-10(2)9-12(11)14/h7-9H,3,6H2,1-2H3.